The van der Waals surface area contributed by atoms with Gasteiger partial charge < -0.3 is 14.6 Å². The van der Waals surface area contributed by atoms with E-state index in [1.54, 1.807) is 23.3 Å². The number of amides is 1. The molecule has 4 aromatic rings. The first kappa shape index (κ1) is 18.3. The second-order valence-electron chi connectivity index (χ2n) is 7.29. The maximum atomic E-state index is 13.0. The van der Waals surface area contributed by atoms with E-state index >= 15 is 0 Å². The van der Waals surface area contributed by atoms with Crippen LogP contribution in [0.2, 0.25) is 0 Å². The van der Waals surface area contributed by atoms with Gasteiger partial charge in [0, 0.05) is 37.7 Å². The largest absolute Gasteiger partial charge is 0.423 e. The molecule has 1 aliphatic rings. The zero-order valence-corrected chi connectivity index (χ0v) is 16.5. The van der Waals surface area contributed by atoms with Crippen molar-refractivity contribution in [1.29, 1.82) is 0 Å². The molecule has 0 bridgehead atoms. The summed E-state index contributed by atoms with van der Waals surface area (Å²) in [5.74, 6) is -0.0717. The lowest BCUT2D eigenvalue weighted by Gasteiger charge is -2.22. The molecule has 9 heteroatoms. The van der Waals surface area contributed by atoms with Gasteiger partial charge in [0.05, 0.1) is 24.1 Å². The Kier molecular flexibility index (Phi) is 4.62. The van der Waals surface area contributed by atoms with Crippen molar-refractivity contribution < 1.29 is 9.21 Å². The Morgan fingerprint density at radius 1 is 1.27 bits per heavy atom. The Labute approximate surface area is 172 Å². The normalized spacial score (nSPS) is 16.3. The number of nitrogens with zero attached hydrogens (tertiary/aromatic N) is 6. The number of hydrogen-bond acceptors (Lipinski definition) is 7. The van der Waals surface area contributed by atoms with E-state index < -0.39 is 0 Å². The summed E-state index contributed by atoms with van der Waals surface area (Å²) in [5.41, 5.74) is 3.79. The second-order valence-corrected chi connectivity index (χ2v) is 7.29. The third-order valence-electron chi connectivity index (χ3n) is 5.27. The van der Waals surface area contributed by atoms with Gasteiger partial charge in [-0.15, -0.1) is 0 Å². The SMILES string of the molecule is Cn1cc(-c2nccnc2CNC(=O)[C@H]2CCCN2c2nc3ccccc3o2)cn1. The standard InChI is InChI=1S/C21H21N7O2/c1-27-13-14(11-25-27)19-16(22-8-9-23-19)12-24-20(29)17-6-4-10-28(17)21-26-15-5-2-3-7-18(15)30-21/h2-3,5,7-9,11,13,17H,4,6,10,12H2,1H3,(H,24,29)/t17-/m1/s1. The minimum Gasteiger partial charge on any atom is -0.423 e. The summed E-state index contributed by atoms with van der Waals surface area (Å²) in [6, 6.07) is 7.78. The molecule has 9 nitrogen and oxygen atoms in total. The van der Waals surface area contributed by atoms with Crippen LogP contribution in [0.3, 0.4) is 0 Å². The number of nitrogens with one attached hydrogen (secondary N) is 1. The maximum Gasteiger partial charge on any atom is 0.299 e. The third-order valence-corrected chi connectivity index (χ3v) is 5.27. The fraction of sp³-hybridized carbons (Fsp3) is 0.286. The second kappa shape index (κ2) is 7.58. The average molecular weight is 403 g/mol. The molecule has 0 unspecified atom stereocenters. The lowest BCUT2D eigenvalue weighted by Crippen LogP contribution is -2.43. The summed E-state index contributed by atoms with van der Waals surface area (Å²) in [6.07, 6.45) is 8.53. The van der Waals surface area contributed by atoms with Crippen molar-refractivity contribution in [1.82, 2.24) is 30.0 Å². The molecule has 5 rings (SSSR count). The quantitative estimate of drug-likeness (QED) is 0.545. The Morgan fingerprint density at radius 3 is 2.97 bits per heavy atom. The fourth-order valence-corrected chi connectivity index (χ4v) is 3.82. The van der Waals surface area contributed by atoms with Crippen LogP contribution >= 0.6 is 0 Å². The number of anilines is 1. The number of hydrogen-bond donors (Lipinski definition) is 1. The summed E-state index contributed by atoms with van der Waals surface area (Å²) in [5, 5.41) is 7.20. The lowest BCUT2D eigenvalue weighted by molar-refractivity contribution is -0.122. The number of carbonyl (C=O) groups excluding carboxylic acids is 1. The smallest absolute Gasteiger partial charge is 0.299 e. The van der Waals surface area contributed by atoms with Crippen LogP contribution in [0.25, 0.3) is 22.4 Å². The highest BCUT2D eigenvalue weighted by Crippen LogP contribution is 2.28. The van der Waals surface area contributed by atoms with Gasteiger partial charge in [-0.1, -0.05) is 12.1 Å². The zero-order chi connectivity index (χ0) is 20.5. The number of oxazole rings is 1. The molecular weight excluding hydrogens is 382 g/mol. The molecule has 1 atom stereocenters. The average Bonchev–Trinajstić information content (AvgIpc) is 3.50. The summed E-state index contributed by atoms with van der Waals surface area (Å²) >= 11 is 0. The van der Waals surface area contributed by atoms with E-state index in [4.69, 9.17) is 4.42 Å². The summed E-state index contributed by atoms with van der Waals surface area (Å²) in [4.78, 5) is 28.3. The van der Waals surface area contributed by atoms with E-state index in [0.29, 0.717) is 17.4 Å². The topological polar surface area (TPSA) is 102 Å². The number of aromatic nitrogens is 5. The molecule has 1 N–H and O–H groups in total. The molecule has 0 radical (unpaired) electrons. The van der Waals surface area contributed by atoms with Crippen LogP contribution in [0.5, 0.6) is 0 Å². The highest BCUT2D eigenvalue weighted by atomic mass is 16.4. The van der Waals surface area contributed by atoms with Gasteiger partial charge >= 0.3 is 0 Å². The van der Waals surface area contributed by atoms with Crippen molar-refractivity contribution in [2.24, 2.45) is 7.05 Å². The predicted octanol–water partition coefficient (Wildman–Crippen LogP) is 2.30. The molecule has 1 saturated heterocycles. The van der Waals surface area contributed by atoms with Gasteiger partial charge in [-0.05, 0) is 25.0 Å². The van der Waals surface area contributed by atoms with E-state index in [1.807, 2.05) is 42.4 Å². The van der Waals surface area contributed by atoms with Crippen molar-refractivity contribution >= 4 is 23.0 Å². The predicted molar refractivity (Wildman–Crippen MR) is 110 cm³/mol. The van der Waals surface area contributed by atoms with Crippen LogP contribution in [0.1, 0.15) is 18.5 Å². The van der Waals surface area contributed by atoms with Gasteiger partial charge in [0.2, 0.25) is 5.91 Å². The van der Waals surface area contributed by atoms with Crippen LogP contribution in [-0.4, -0.2) is 43.2 Å². The Morgan fingerprint density at radius 2 is 2.13 bits per heavy atom. The number of rotatable bonds is 5. The number of aryl methyl sites for hydroxylation is 1. The first-order valence-corrected chi connectivity index (χ1v) is 9.88. The molecule has 30 heavy (non-hydrogen) atoms. The van der Waals surface area contributed by atoms with E-state index in [9.17, 15) is 4.79 Å². The molecule has 1 fully saturated rings. The van der Waals surface area contributed by atoms with Crippen LogP contribution in [0.4, 0.5) is 6.01 Å². The first-order chi connectivity index (χ1) is 14.7. The van der Waals surface area contributed by atoms with Crippen LogP contribution in [0.15, 0.2) is 53.5 Å². The van der Waals surface area contributed by atoms with Crippen molar-refractivity contribution in [3.05, 3.63) is 54.7 Å². The molecule has 0 saturated carbocycles. The molecule has 3 aromatic heterocycles. The molecule has 1 aliphatic heterocycles. The van der Waals surface area contributed by atoms with Gasteiger partial charge in [-0.25, -0.2) is 0 Å². The first-order valence-electron chi connectivity index (χ1n) is 9.88. The van der Waals surface area contributed by atoms with Gasteiger partial charge in [-0.3, -0.25) is 19.4 Å². The summed E-state index contributed by atoms with van der Waals surface area (Å²) in [6.45, 7) is 1.02. The highest BCUT2D eigenvalue weighted by molar-refractivity contribution is 5.86. The molecule has 0 spiro atoms. The minimum atomic E-state index is -0.323. The molecule has 4 heterocycles. The van der Waals surface area contributed by atoms with Crippen LogP contribution in [-0.2, 0) is 18.4 Å². The monoisotopic (exact) mass is 403 g/mol. The summed E-state index contributed by atoms with van der Waals surface area (Å²) in [7, 11) is 1.85. The number of para-hydroxylation sites is 2. The molecule has 0 aliphatic carbocycles. The minimum absolute atomic E-state index is 0.0717. The van der Waals surface area contributed by atoms with Crippen LogP contribution < -0.4 is 10.2 Å². The Bertz CT molecular complexity index is 1170. The highest BCUT2D eigenvalue weighted by Gasteiger charge is 2.33. The van der Waals surface area contributed by atoms with Crippen molar-refractivity contribution in [3.63, 3.8) is 0 Å². The zero-order valence-electron chi connectivity index (χ0n) is 16.5. The van der Waals surface area contributed by atoms with E-state index in [2.05, 4.69) is 25.4 Å². The molecule has 152 valence electrons. The van der Waals surface area contributed by atoms with Gasteiger partial charge in [0.1, 0.15) is 11.6 Å². The van der Waals surface area contributed by atoms with Crippen LogP contribution in [0, 0.1) is 0 Å². The number of fused-ring (bicyclic) bond motifs is 1. The fourth-order valence-electron chi connectivity index (χ4n) is 3.82. The van der Waals surface area contributed by atoms with Crippen molar-refractivity contribution in [2.75, 3.05) is 11.4 Å². The van der Waals surface area contributed by atoms with E-state index in [1.165, 1.54) is 0 Å². The van der Waals surface area contributed by atoms with Crippen molar-refractivity contribution in [2.45, 2.75) is 25.4 Å². The molecular formula is C21H21N7O2. The van der Waals surface area contributed by atoms with E-state index in [-0.39, 0.29) is 18.5 Å². The van der Waals surface area contributed by atoms with E-state index in [0.717, 1.165) is 36.0 Å². The molecule has 1 aromatic carbocycles. The number of carbonyl (C=O) groups is 1. The third kappa shape index (κ3) is 3.38. The Hall–Kier alpha value is -3.75. The number of benzene rings is 1. The van der Waals surface area contributed by atoms with Gasteiger partial charge in [0.15, 0.2) is 5.58 Å². The summed E-state index contributed by atoms with van der Waals surface area (Å²) < 4.78 is 7.59. The molecule has 1 amide bonds. The lowest BCUT2D eigenvalue weighted by atomic mass is 10.1. The van der Waals surface area contributed by atoms with Crippen molar-refractivity contribution in [3.8, 4) is 11.3 Å². The van der Waals surface area contributed by atoms with Gasteiger partial charge in [0.25, 0.3) is 6.01 Å². The van der Waals surface area contributed by atoms with Gasteiger partial charge in [-0.2, -0.15) is 10.1 Å². The maximum absolute atomic E-state index is 13.0. The Balaban J connectivity index is 1.32.